The van der Waals surface area contributed by atoms with Crippen molar-refractivity contribution in [2.45, 2.75) is 58.7 Å². The van der Waals surface area contributed by atoms with E-state index < -0.39 is 17.8 Å². The molecule has 0 saturated carbocycles. The molecule has 1 rings (SSSR count). The second kappa shape index (κ2) is 8.79. The molecular weight excluding hydrogens is 278 g/mol. The van der Waals surface area contributed by atoms with Crippen LogP contribution in [-0.4, -0.2) is 29.4 Å². The van der Waals surface area contributed by atoms with Gasteiger partial charge >= 0.3 is 6.09 Å². The molecule has 0 aliphatic rings. The maximum atomic E-state index is 11.8. The number of alkyl carbamates (subject to hydrolysis) is 1. The Hall–Kier alpha value is -1.55. The van der Waals surface area contributed by atoms with Crippen molar-refractivity contribution in [3.05, 3.63) is 35.9 Å². The molecule has 4 nitrogen and oxygen atoms in total. The molecule has 2 atom stereocenters. The van der Waals surface area contributed by atoms with Crippen LogP contribution in [0.4, 0.5) is 4.79 Å². The highest BCUT2D eigenvalue weighted by atomic mass is 16.6. The summed E-state index contributed by atoms with van der Waals surface area (Å²) in [6.45, 7) is 7.95. The molecule has 0 aliphatic heterocycles. The maximum absolute atomic E-state index is 11.8. The molecule has 1 aromatic carbocycles. The normalized spacial score (nSPS) is 14.2. The Morgan fingerprint density at radius 2 is 1.91 bits per heavy atom. The Labute approximate surface area is 133 Å². The van der Waals surface area contributed by atoms with Gasteiger partial charge in [-0.25, -0.2) is 4.79 Å². The van der Waals surface area contributed by atoms with Crippen molar-refractivity contribution in [3.8, 4) is 0 Å². The first-order valence-electron chi connectivity index (χ1n) is 8.00. The van der Waals surface area contributed by atoms with Crippen molar-refractivity contribution in [1.29, 1.82) is 0 Å². The number of benzene rings is 1. The fourth-order valence-corrected chi connectivity index (χ4v) is 2.32. The summed E-state index contributed by atoms with van der Waals surface area (Å²) in [6, 6.07) is 10.0. The van der Waals surface area contributed by atoms with E-state index in [1.807, 2.05) is 58.0 Å². The fourth-order valence-electron chi connectivity index (χ4n) is 2.32. The Balaban J connectivity index is 2.60. The second-order valence-electron chi connectivity index (χ2n) is 6.69. The molecule has 4 heteroatoms. The van der Waals surface area contributed by atoms with E-state index in [1.165, 1.54) is 0 Å². The first-order chi connectivity index (χ1) is 10.3. The van der Waals surface area contributed by atoms with E-state index >= 15 is 0 Å². The SMILES string of the molecule is CCC[C@@H](O)[C@@H](CNC(=O)OC(C)(C)C)Cc1ccccc1. The lowest BCUT2D eigenvalue weighted by molar-refractivity contribution is 0.0478. The van der Waals surface area contributed by atoms with Gasteiger partial charge in [0.2, 0.25) is 0 Å². The van der Waals surface area contributed by atoms with Crippen LogP contribution < -0.4 is 5.32 Å². The van der Waals surface area contributed by atoms with E-state index in [1.54, 1.807) is 0 Å². The Morgan fingerprint density at radius 1 is 1.27 bits per heavy atom. The first-order valence-corrected chi connectivity index (χ1v) is 8.00. The zero-order valence-electron chi connectivity index (χ0n) is 14.1. The summed E-state index contributed by atoms with van der Waals surface area (Å²) in [5, 5.41) is 13.1. The van der Waals surface area contributed by atoms with Gasteiger partial charge in [0.1, 0.15) is 5.60 Å². The smallest absolute Gasteiger partial charge is 0.407 e. The van der Waals surface area contributed by atoms with Gasteiger partial charge in [-0.3, -0.25) is 0 Å². The quantitative estimate of drug-likeness (QED) is 0.810. The molecule has 0 saturated heterocycles. The molecule has 0 spiro atoms. The highest BCUT2D eigenvalue weighted by molar-refractivity contribution is 5.67. The van der Waals surface area contributed by atoms with Crippen molar-refractivity contribution in [3.63, 3.8) is 0 Å². The molecule has 0 bridgehead atoms. The molecule has 0 aliphatic carbocycles. The van der Waals surface area contributed by atoms with E-state index in [-0.39, 0.29) is 5.92 Å². The van der Waals surface area contributed by atoms with Crippen molar-refractivity contribution in [1.82, 2.24) is 5.32 Å². The highest BCUT2D eigenvalue weighted by Gasteiger charge is 2.22. The van der Waals surface area contributed by atoms with Gasteiger partial charge in [-0.1, -0.05) is 43.7 Å². The zero-order chi connectivity index (χ0) is 16.6. The van der Waals surface area contributed by atoms with Crippen molar-refractivity contribution >= 4 is 6.09 Å². The summed E-state index contributed by atoms with van der Waals surface area (Å²) in [4.78, 5) is 11.8. The van der Waals surface area contributed by atoms with Crippen LogP contribution in [0.2, 0.25) is 0 Å². The van der Waals surface area contributed by atoms with Crippen LogP contribution >= 0.6 is 0 Å². The molecule has 124 valence electrons. The third-order valence-corrected chi connectivity index (χ3v) is 3.38. The van der Waals surface area contributed by atoms with Crippen LogP contribution in [0.1, 0.15) is 46.1 Å². The topological polar surface area (TPSA) is 58.6 Å². The van der Waals surface area contributed by atoms with Crippen LogP contribution in [0.3, 0.4) is 0 Å². The molecule has 0 radical (unpaired) electrons. The summed E-state index contributed by atoms with van der Waals surface area (Å²) in [5.41, 5.74) is 0.648. The predicted molar refractivity (Wildman–Crippen MR) is 88.8 cm³/mol. The standard InChI is InChI=1S/C18H29NO3/c1-5-9-16(20)15(12-14-10-7-6-8-11-14)13-19-17(21)22-18(2,3)4/h6-8,10-11,15-16,20H,5,9,12-13H2,1-4H3,(H,19,21)/t15-,16-/m1/s1. The minimum atomic E-state index is -0.513. The molecule has 22 heavy (non-hydrogen) atoms. The summed E-state index contributed by atoms with van der Waals surface area (Å²) >= 11 is 0. The monoisotopic (exact) mass is 307 g/mol. The Bertz CT molecular complexity index is 439. The first kappa shape index (κ1) is 18.5. The number of rotatable bonds is 7. The predicted octanol–water partition coefficient (Wildman–Crippen LogP) is 3.53. The number of nitrogens with one attached hydrogen (secondary N) is 1. The Kier molecular flexibility index (Phi) is 7.39. The lowest BCUT2D eigenvalue weighted by Gasteiger charge is -2.25. The van der Waals surface area contributed by atoms with Gasteiger partial charge < -0.3 is 15.2 Å². The van der Waals surface area contributed by atoms with Gasteiger partial charge in [-0.05, 0) is 39.2 Å². The number of aliphatic hydroxyl groups excluding tert-OH is 1. The fraction of sp³-hybridized carbons (Fsp3) is 0.611. The maximum Gasteiger partial charge on any atom is 0.407 e. The van der Waals surface area contributed by atoms with Gasteiger partial charge in [-0.15, -0.1) is 0 Å². The Morgan fingerprint density at radius 3 is 2.45 bits per heavy atom. The third-order valence-electron chi connectivity index (χ3n) is 3.38. The molecule has 1 aromatic rings. The number of carbonyl (C=O) groups is 1. The summed E-state index contributed by atoms with van der Waals surface area (Å²) in [6.07, 6.45) is 1.51. The highest BCUT2D eigenvalue weighted by Crippen LogP contribution is 2.16. The minimum Gasteiger partial charge on any atom is -0.444 e. The van der Waals surface area contributed by atoms with E-state index in [9.17, 15) is 9.90 Å². The van der Waals surface area contributed by atoms with Crippen molar-refractivity contribution in [2.24, 2.45) is 5.92 Å². The van der Waals surface area contributed by atoms with E-state index in [0.29, 0.717) is 6.54 Å². The zero-order valence-corrected chi connectivity index (χ0v) is 14.1. The number of carbonyl (C=O) groups excluding carboxylic acids is 1. The molecule has 0 heterocycles. The summed E-state index contributed by atoms with van der Waals surface area (Å²) in [7, 11) is 0. The lowest BCUT2D eigenvalue weighted by Crippen LogP contribution is -2.39. The van der Waals surface area contributed by atoms with E-state index in [2.05, 4.69) is 5.32 Å². The van der Waals surface area contributed by atoms with Gasteiger partial charge in [0, 0.05) is 12.5 Å². The van der Waals surface area contributed by atoms with Crippen LogP contribution in [0.5, 0.6) is 0 Å². The lowest BCUT2D eigenvalue weighted by atomic mass is 9.91. The molecule has 2 N–H and O–H groups in total. The van der Waals surface area contributed by atoms with Gasteiger partial charge in [0.05, 0.1) is 6.10 Å². The van der Waals surface area contributed by atoms with E-state index in [4.69, 9.17) is 4.74 Å². The van der Waals surface area contributed by atoms with Crippen LogP contribution in [-0.2, 0) is 11.2 Å². The molecule has 0 fully saturated rings. The summed E-state index contributed by atoms with van der Waals surface area (Å²) < 4.78 is 5.25. The van der Waals surface area contributed by atoms with Crippen molar-refractivity contribution < 1.29 is 14.6 Å². The average molecular weight is 307 g/mol. The molecule has 0 aromatic heterocycles. The average Bonchev–Trinajstić information content (AvgIpc) is 2.43. The molecule has 1 amide bonds. The van der Waals surface area contributed by atoms with Crippen LogP contribution in [0.25, 0.3) is 0 Å². The van der Waals surface area contributed by atoms with Gasteiger partial charge in [0.15, 0.2) is 0 Å². The number of ether oxygens (including phenoxy) is 1. The summed E-state index contributed by atoms with van der Waals surface area (Å²) in [5.74, 6) is -0.0186. The number of hydrogen-bond acceptors (Lipinski definition) is 3. The number of aliphatic hydroxyl groups is 1. The second-order valence-corrected chi connectivity index (χ2v) is 6.69. The number of amides is 1. The van der Waals surface area contributed by atoms with Crippen molar-refractivity contribution in [2.75, 3.05) is 6.54 Å². The van der Waals surface area contributed by atoms with Crippen LogP contribution in [0.15, 0.2) is 30.3 Å². The minimum absolute atomic E-state index is 0.0186. The molecular formula is C18H29NO3. The van der Waals surface area contributed by atoms with E-state index in [0.717, 1.165) is 24.8 Å². The van der Waals surface area contributed by atoms with Gasteiger partial charge in [-0.2, -0.15) is 0 Å². The third kappa shape index (κ3) is 7.46. The molecule has 0 unspecified atom stereocenters. The largest absolute Gasteiger partial charge is 0.444 e. The van der Waals surface area contributed by atoms with Gasteiger partial charge in [0.25, 0.3) is 0 Å². The van der Waals surface area contributed by atoms with Crippen LogP contribution in [0, 0.1) is 5.92 Å². The number of hydrogen-bond donors (Lipinski definition) is 2.